The van der Waals surface area contributed by atoms with Crippen LogP contribution in [0, 0.1) is 0 Å². The lowest BCUT2D eigenvalue weighted by atomic mass is 10.2. The molecule has 3 nitrogen and oxygen atoms in total. The van der Waals surface area contributed by atoms with Gasteiger partial charge in [-0.15, -0.1) is 0 Å². The van der Waals surface area contributed by atoms with Crippen LogP contribution in [-0.4, -0.2) is 11.7 Å². The highest BCUT2D eigenvalue weighted by atomic mass is 16.2. The molecule has 0 bridgehead atoms. The molecule has 1 amide bonds. The minimum absolute atomic E-state index is 0.233. The van der Waals surface area contributed by atoms with Crippen molar-refractivity contribution in [2.24, 2.45) is 5.73 Å². The summed E-state index contributed by atoms with van der Waals surface area (Å²) in [6, 6.07) is 9.38. The van der Waals surface area contributed by atoms with E-state index in [4.69, 9.17) is 5.73 Å². The summed E-state index contributed by atoms with van der Waals surface area (Å²) in [4.78, 5) is 21.4. The topological polar surface area (TPSA) is 60.2 Å². The number of nitrogens with two attached hydrogens (primary N) is 1. The molecular weight excluding hydrogens is 178 g/mol. The number of hydrogen-bond donors (Lipinski definition) is 1. The summed E-state index contributed by atoms with van der Waals surface area (Å²) in [6.45, 7) is 0. The van der Waals surface area contributed by atoms with Crippen molar-refractivity contribution >= 4 is 17.8 Å². The second kappa shape index (κ2) is 4.97. The second-order valence-electron chi connectivity index (χ2n) is 2.85. The van der Waals surface area contributed by atoms with Gasteiger partial charge in [-0.3, -0.25) is 9.59 Å². The highest BCUT2D eigenvalue weighted by molar-refractivity contribution is 6.04. The number of ketones is 1. The Bertz CT molecular complexity index is 355. The Balaban J connectivity index is 2.56. The summed E-state index contributed by atoms with van der Waals surface area (Å²) in [5.74, 6) is -0.880. The molecule has 1 rings (SSSR count). The Labute approximate surface area is 82.2 Å². The van der Waals surface area contributed by atoms with Gasteiger partial charge in [0.25, 0.3) is 0 Å². The van der Waals surface area contributed by atoms with Gasteiger partial charge in [0.15, 0.2) is 5.78 Å². The van der Waals surface area contributed by atoms with Crippen LogP contribution in [0.4, 0.5) is 0 Å². The zero-order valence-corrected chi connectivity index (χ0v) is 7.64. The Kier molecular flexibility index (Phi) is 3.61. The zero-order chi connectivity index (χ0) is 10.4. The van der Waals surface area contributed by atoms with Crippen molar-refractivity contribution in [3.05, 3.63) is 42.0 Å². The van der Waals surface area contributed by atoms with Crippen molar-refractivity contribution in [3.63, 3.8) is 0 Å². The van der Waals surface area contributed by atoms with Gasteiger partial charge < -0.3 is 5.73 Å². The van der Waals surface area contributed by atoms with Crippen LogP contribution in [0.25, 0.3) is 6.08 Å². The second-order valence-corrected chi connectivity index (χ2v) is 2.85. The first-order chi connectivity index (χ1) is 6.68. The van der Waals surface area contributed by atoms with E-state index in [1.165, 1.54) is 6.08 Å². The summed E-state index contributed by atoms with van der Waals surface area (Å²) in [5, 5.41) is 0. The predicted molar refractivity (Wildman–Crippen MR) is 54.3 cm³/mol. The molecule has 0 aliphatic heterocycles. The smallest absolute Gasteiger partial charge is 0.225 e. The first-order valence-corrected chi connectivity index (χ1v) is 4.23. The number of benzene rings is 1. The van der Waals surface area contributed by atoms with Crippen molar-refractivity contribution < 1.29 is 9.59 Å². The third kappa shape index (κ3) is 3.67. The molecule has 0 saturated carbocycles. The van der Waals surface area contributed by atoms with Crippen LogP contribution in [0.5, 0.6) is 0 Å². The van der Waals surface area contributed by atoms with Crippen LogP contribution in [0.2, 0.25) is 0 Å². The maximum atomic E-state index is 11.0. The molecular formula is C11H11NO2. The van der Waals surface area contributed by atoms with Crippen molar-refractivity contribution in [1.82, 2.24) is 0 Å². The van der Waals surface area contributed by atoms with Gasteiger partial charge in [-0.05, 0) is 11.6 Å². The SMILES string of the molecule is NC(=O)CC(=O)C=Cc1ccccc1. The van der Waals surface area contributed by atoms with Gasteiger partial charge in [0.2, 0.25) is 5.91 Å². The number of primary amides is 1. The molecule has 0 heterocycles. The van der Waals surface area contributed by atoms with Crippen molar-refractivity contribution in [1.29, 1.82) is 0 Å². The van der Waals surface area contributed by atoms with E-state index < -0.39 is 5.91 Å². The minimum Gasteiger partial charge on any atom is -0.369 e. The molecule has 0 spiro atoms. The van der Waals surface area contributed by atoms with Gasteiger partial charge in [0, 0.05) is 0 Å². The molecule has 0 saturated heterocycles. The molecule has 1 aromatic rings. The maximum Gasteiger partial charge on any atom is 0.225 e. The van der Waals surface area contributed by atoms with Crippen LogP contribution < -0.4 is 5.73 Å². The zero-order valence-electron chi connectivity index (χ0n) is 7.64. The van der Waals surface area contributed by atoms with Gasteiger partial charge in [0.05, 0.1) is 6.42 Å². The Morgan fingerprint density at radius 1 is 1.21 bits per heavy atom. The van der Waals surface area contributed by atoms with E-state index in [1.54, 1.807) is 6.08 Å². The highest BCUT2D eigenvalue weighted by Crippen LogP contribution is 2.01. The lowest BCUT2D eigenvalue weighted by molar-refractivity contribution is -0.123. The summed E-state index contributed by atoms with van der Waals surface area (Å²) in [6.07, 6.45) is 2.79. The molecule has 0 aromatic heterocycles. The number of carbonyl (C=O) groups excluding carboxylic acids is 2. The lowest BCUT2D eigenvalue weighted by Crippen LogP contribution is -2.14. The Morgan fingerprint density at radius 3 is 2.43 bits per heavy atom. The third-order valence-corrected chi connectivity index (χ3v) is 1.61. The first-order valence-electron chi connectivity index (χ1n) is 4.23. The molecule has 0 unspecified atom stereocenters. The van der Waals surface area contributed by atoms with Crippen molar-refractivity contribution in [2.45, 2.75) is 6.42 Å². The monoisotopic (exact) mass is 189 g/mol. The van der Waals surface area contributed by atoms with Gasteiger partial charge in [-0.1, -0.05) is 36.4 Å². The summed E-state index contributed by atoms with van der Waals surface area (Å²) >= 11 is 0. The Hall–Kier alpha value is -1.90. The van der Waals surface area contributed by atoms with E-state index in [9.17, 15) is 9.59 Å². The third-order valence-electron chi connectivity index (χ3n) is 1.61. The molecule has 0 aliphatic carbocycles. The molecule has 0 radical (unpaired) electrons. The number of amides is 1. The summed E-state index contributed by atoms with van der Waals surface area (Å²) in [7, 11) is 0. The normalized spacial score (nSPS) is 10.3. The van der Waals surface area contributed by atoms with E-state index >= 15 is 0 Å². The fourth-order valence-electron chi connectivity index (χ4n) is 0.984. The van der Waals surface area contributed by atoms with Crippen molar-refractivity contribution in [2.75, 3.05) is 0 Å². The van der Waals surface area contributed by atoms with E-state index in [-0.39, 0.29) is 12.2 Å². The van der Waals surface area contributed by atoms with Crippen LogP contribution in [0.15, 0.2) is 36.4 Å². The maximum absolute atomic E-state index is 11.0. The van der Waals surface area contributed by atoms with E-state index in [2.05, 4.69) is 0 Å². The number of hydrogen-bond acceptors (Lipinski definition) is 2. The van der Waals surface area contributed by atoms with Crippen LogP contribution in [0.3, 0.4) is 0 Å². The fraction of sp³-hybridized carbons (Fsp3) is 0.0909. The summed E-state index contributed by atoms with van der Waals surface area (Å²) < 4.78 is 0. The first kappa shape index (κ1) is 10.2. The Morgan fingerprint density at radius 2 is 1.86 bits per heavy atom. The molecule has 2 N–H and O–H groups in total. The van der Waals surface area contributed by atoms with Gasteiger partial charge in [-0.25, -0.2) is 0 Å². The standard InChI is InChI=1S/C11H11NO2/c12-11(14)8-10(13)7-6-9-4-2-1-3-5-9/h1-7H,8H2,(H2,12,14). The lowest BCUT2D eigenvalue weighted by Gasteiger charge is -1.91. The molecule has 1 aromatic carbocycles. The van der Waals surface area contributed by atoms with E-state index in [1.807, 2.05) is 30.3 Å². The molecule has 0 atom stereocenters. The van der Waals surface area contributed by atoms with E-state index in [0.717, 1.165) is 5.56 Å². The highest BCUT2D eigenvalue weighted by Gasteiger charge is 2.00. The van der Waals surface area contributed by atoms with Crippen LogP contribution in [-0.2, 0) is 9.59 Å². The minimum atomic E-state index is -0.604. The van der Waals surface area contributed by atoms with Crippen LogP contribution >= 0.6 is 0 Å². The average Bonchev–Trinajstić information content (AvgIpc) is 2.15. The van der Waals surface area contributed by atoms with Gasteiger partial charge >= 0.3 is 0 Å². The van der Waals surface area contributed by atoms with Crippen LogP contribution in [0.1, 0.15) is 12.0 Å². The molecule has 14 heavy (non-hydrogen) atoms. The molecule has 0 aliphatic rings. The quantitative estimate of drug-likeness (QED) is 0.570. The van der Waals surface area contributed by atoms with Crippen molar-refractivity contribution in [3.8, 4) is 0 Å². The average molecular weight is 189 g/mol. The number of allylic oxidation sites excluding steroid dienone is 1. The van der Waals surface area contributed by atoms with Gasteiger partial charge in [0.1, 0.15) is 0 Å². The van der Waals surface area contributed by atoms with Gasteiger partial charge in [-0.2, -0.15) is 0 Å². The molecule has 3 heteroatoms. The predicted octanol–water partition coefficient (Wildman–Crippen LogP) is 1.14. The largest absolute Gasteiger partial charge is 0.369 e. The summed E-state index contributed by atoms with van der Waals surface area (Å²) in [5.41, 5.74) is 5.79. The van der Waals surface area contributed by atoms with E-state index in [0.29, 0.717) is 0 Å². The molecule has 0 fully saturated rings. The number of rotatable bonds is 4. The molecule has 72 valence electrons. The number of carbonyl (C=O) groups is 2. The fourth-order valence-corrected chi connectivity index (χ4v) is 0.984.